The molecule has 2 aliphatic heterocycles. The van der Waals surface area contributed by atoms with Gasteiger partial charge in [-0.25, -0.2) is 4.98 Å². The number of nitrogens with zero attached hydrogens (tertiary/aromatic N) is 3. The lowest BCUT2D eigenvalue weighted by atomic mass is 9.99. The van der Waals surface area contributed by atoms with Crippen LogP contribution < -0.4 is 10.2 Å². The topological polar surface area (TPSA) is 31.4 Å². The van der Waals surface area contributed by atoms with Gasteiger partial charge in [-0.2, -0.15) is 0 Å². The van der Waals surface area contributed by atoms with E-state index in [9.17, 15) is 0 Å². The minimum absolute atomic E-state index is 0.351. The van der Waals surface area contributed by atoms with Crippen LogP contribution in [0.3, 0.4) is 0 Å². The van der Waals surface area contributed by atoms with Gasteiger partial charge in [0.05, 0.1) is 0 Å². The third-order valence-electron chi connectivity index (χ3n) is 4.09. The Morgan fingerprint density at radius 2 is 2.22 bits per heavy atom. The Bertz CT molecular complexity index is 364. The van der Waals surface area contributed by atoms with Crippen molar-refractivity contribution in [3.05, 3.63) is 11.6 Å². The number of aromatic nitrogens is 1. The van der Waals surface area contributed by atoms with Gasteiger partial charge in [0.25, 0.3) is 0 Å². The Balaban J connectivity index is 1.51. The Labute approximate surface area is 113 Å². The van der Waals surface area contributed by atoms with Gasteiger partial charge in [-0.1, -0.05) is 0 Å². The summed E-state index contributed by atoms with van der Waals surface area (Å²) in [7, 11) is 0. The Hall–Kier alpha value is -0.650. The van der Waals surface area contributed by atoms with Crippen molar-refractivity contribution in [3.8, 4) is 0 Å². The third-order valence-corrected chi connectivity index (χ3v) is 4.92. The molecule has 3 rings (SSSR count). The molecule has 5 heteroatoms. The van der Waals surface area contributed by atoms with E-state index in [-0.39, 0.29) is 0 Å². The fourth-order valence-corrected chi connectivity index (χ4v) is 3.75. The van der Waals surface area contributed by atoms with Crippen molar-refractivity contribution in [1.82, 2.24) is 15.2 Å². The molecule has 100 valence electrons. The lowest BCUT2D eigenvalue weighted by Gasteiger charge is -2.38. The fraction of sp³-hybridized carbons (Fsp3) is 0.769. The maximum Gasteiger partial charge on any atom is 0.185 e. The summed E-state index contributed by atoms with van der Waals surface area (Å²) in [5, 5.41) is 6.89. The van der Waals surface area contributed by atoms with Crippen LogP contribution in [0.5, 0.6) is 0 Å². The van der Waals surface area contributed by atoms with E-state index in [2.05, 4.69) is 32.4 Å². The Morgan fingerprint density at radius 1 is 1.39 bits per heavy atom. The van der Waals surface area contributed by atoms with E-state index in [4.69, 9.17) is 0 Å². The van der Waals surface area contributed by atoms with Crippen LogP contribution in [0.25, 0.3) is 0 Å². The lowest BCUT2D eigenvalue weighted by Crippen LogP contribution is -2.54. The first-order valence-electron chi connectivity index (χ1n) is 6.87. The van der Waals surface area contributed by atoms with E-state index in [0.717, 1.165) is 26.2 Å². The molecule has 2 fully saturated rings. The molecule has 1 aromatic heterocycles. The number of hydrogen-bond acceptors (Lipinski definition) is 5. The molecular weight excluding hydrogens is 244 g/mol. The van der Waals surface area contributed by atoms with Gasteiger partial charge in [0.2, 0.25) is 0 Å². The number of piperazine rings is 1. The van der Waals surface area contributed by atoms with Crippen LogP contribution in [0.2, 0.25) is 0 Å². The third kappa shape index (κ3) is 2.68. The first kappa shape index (κ1) is 12.4. The highest BCUT2D eigenvalue weighted by Crippen LogP contribution is 2.22. The molecule has 0 radical (unpaired) electrons. The number of nitrogens with one attached hydrogen (secondary N) is 1. The molecule has 1 unspecified atom stereocenters. The maximum atomic E-state index is 4.40. The molecule has 0 saturated carbocycles. The van der Waals surface area contributed by atoms with Crippen molar-refractivity contribution < 1.29 is 0 Å². The zero-order valence-electron chi connectivity index (χ0n) is 11.1. The van der Waals surface area contributed by atoms with Gasteiger partial charge >= 0.3 is 0 Å². The summed E-state index contributed by atoms with van der Waals surface area (Å²) in [5.74, 6) is 0. The summed E-state index contributed by atoms with van der Waals surface area (Å²) >= 11 is 1.75. The minimum atomic E-state index is 0.351. The van der Waals surface area contributed by atoms with Crippen molar-refractivity contribution in [2.45, 2.75) is 25.3 Å². The van der Waals surface area contributed by atoms with Gasteiger partial charge in [-0.05, 0) is 26.3 Å². The SMILES string of the molecule is CC1(CN2CCN(c3nccs3)CC2)CCCN1. The van der Waals surface area contributed by atoms with E-state index >= 15 is 0 Å². The molecule has 0 bridgehead atoms. The van der Waals surface area contributed by atoms with Crippen molar-refractivity contribution in [1.29, 1.82) is 0 Å². The zero-order chi connectivity index (χ0) is 12.4. The molecule has 0 spiro atoms. The lowest BCUT2D eigenvalue weighted by molar-refractivity contribution is 0.194. The van der Waals surface area contributed by atoms with E-state index < -0.39 is 0 Å². The summed E-state index contributed by atoms with van der Waals surface area (Å²) < 4.78 is 0. The second kappa shape index (κ2) is 5.15. The van der Waals surface area contributed by atoms with Crippen LogP contribution in [0.15, 0.2) is 11.6 Å². The van der Waals surface area contributed by atoms with Gasteiger partial charge in [-0.3, -0.25) is 4.90 Å². The van der Waals surface area contributed by atoms with E-state index in [1.165, 1.54) is 31.1 Å². The van der Waals surface area contributed by atoms with Crippen LogP contribution in [0, 0.1) is 0 Å². The molecule has 1 aromatic rings. The second-order valence-electron chi connectivity index (χ2n) is 5.67. The largest absolute Gasteiger partial charge is 0.346 e. The first-order chi connectivity index (χ1) is 8.75. The molecule has 0 amide bonds. The molecule has 0 aromatic carbocycles. The van der Waals surface area contributed by atoms with Gasteiger partial charge in [0.1, 0.15) is 0 Å². The standard InChI is InChI=1S/C13H22N4S/c1-13(3-2-4-15-13)11-16-6-8-17(9-7-16)12-14-5-10-18-12/h5,10,15H,2-4,6-9,11H2,1H3. The smallest absolute Gasteiger partial charge is 0.185 e. The highest BCUT2D eigenvalue weighted by Gasteiger charge is 2.31. The number of thiazole rings is 1. The van der Waals surface area contributed by atoms with Gasteiger partial charge in [0, 0.05) is 49.8 Å². The number of rotatable bonds is 3. The minimum Gasteiger partial charge on any atom is -0.346 e. The number of hydrogen-bond donors (Lipinski definition) is 1. The Kier molecular flexibility index (Phi) is 3.54. The predicted octanol–water partition coefficient (Wildman–Crippen LogP) is 1.41. The average Bonchev–Trinajstić information content (AvgIpc) is 3.02. The second-order valence-corrected chi connectivity index (χ2v) is 6.54. The van der Waals surface area contributed by atoms with Crippen LogP contribution in [0.1, 0.15) is 19.8 Å². The summed E-state index contributed by atoms with van der Waals surface area (Å²) in [6.07, 6.45) is 4.55. The van der Waals surface area contributed by atoms with Crippen molar-refractivity contribution in [2.75, 3.05) is 44.2 Å². The summed E-state index contributed by atoms with van der Waals surface area (Å²) in [6.45, 7) is 9.31. The van der Waals surface area contributed by atoms with Crippen LogP contribution in [0.4, 0.5) is 5.13 Å². The molecule has 4 nitrogen and oxygen atoms in total. The molecule has 2 aliphatic rings. The van der Waals surface area contributed by atoms with Crippen molar-refractivity contribution in [3.63, 3.8) is 0 Å². The molecule has 1 atom stereocenters. The van der Waals surface area contributed by atoms with Gasteiger partial charge < -0.3 is 10.2 Å². The fourth-order valence-electron chi connectivity index (χ4n) is 3.05. The zero-order valence-corrected chi connectivity index (χ0v) is 11.9. The Morgan fingerprint density at radius 3 is 2.83 bits per heavy atom. The van der Waals surface area contributed by atoms with Crippen molar-refractivity contribution >= 4 is 16.5 Å². The summed E-state index contributed by atoms with van der Waals surface area (Å²) in [4.78, 5) is 9.40. The quantitative estimate of drug-likeness (QED) is 0.896. The van der Waals surface area contributed by atoms with Gasteiger partial charge in [0.15, 0.2) is 5.13 Å². The predicted molar refractivity (Wildman–Crippen MR) is 76.4 cm³/mol. The molecule has 18 heavy (non-hydrogen) atoms. The van der Waals surface area contributed by atoms with E-state index in [0.29, 0.717) is 5.54 Å². The summed E-state index contributed by atoms with van der Waals surface area (Å²) in [6, 6.07) is 0. The molecule has 3 heterocycles. The first-order valence-corrected chi connectivity index (χ1v) is 7.75. The molecule has 1 N–H and O–H groups in total. The van der Waals surface area contributed by atoms with Gasteiger partial charge in [-0.15, -0.1) is 11.3 Å². The van der Waals surface area contributed by atoms with Crippen molar-refractivity contribution in [2.24, 2.45) is 0 Å². The molecular formula is C13H22N4S. The van der Waals surface area contributed by atoms with Crippen LogP contribution in [-0.2, 0) is 0 Å². The average molecular weight is 266 g/mol. The normalized spacial score (nSPS) is 29.9. The monoisotopic (exact) mass is 266 g/mol. The summed E-state index contributed by atoms with van der Waals surface area (Å²) in [5.41, 5.74) is 0.351. The van der Waals surface area contributed by atoms with E-state index in [1.807, 2.05) is 6.20 Å². The maximum absolute atomic E-state index is 4.40. The van der Waals surface area contributed by atoms with E-state index in [1.54, 1.807) is 11.3 Å². The highest BCUT2D eigenvalue weighted by molar-refractivity contribution is 7.13. The van der Waals surface area contributed by atoms with Crippen LogP contribution in [-0.4, -0.2) is 54.7 Å². The molecule has 2 saturated heterocycles. The van der Waals surface area contributed by atoms with Crippen LogP contribution >= 0.6 is 11.3 Å². The number of anilines is 1. The highest BCUT2D eigenvalue weighted by atomic mass is 32.1. The molecule has 0 aliphatic carbocycles.